The highest BCUT2D eigenvalue weighted by molar-refractivity contribution is 6.30. The number of nitro groups is 1. The van der Waals surface area contributed by atoms with Crippen LogP contribution in [0.3, 0.4) is 0 Å². The molecule has 0 radical (unpaired) electrons. The van der Waals surface area contributed by atoms with Crippen molar-refractivity contribution >= 4 is 34.6 Å². The fourth-order valence-electron chi connectivity index (χ4n) is 2.18. The Morgan fingerprint density at radius 1 is 1.15 bits per heavy atom. The van der Waals surface area contributed by atoms with Crippen LogP contribution in [0.4, 0.5) is 17.1 Å². The van der Waals surface area contributed by atoms with E-state index in [0.29, 0.717) is 22.3 Å². The smallest absolute Gasteiger partial charge is 0.292 e. The van der Waals surface area contributed by atoms with E-state index >= 15 is 0 Å². The molecule has 9 heteroatoms. The van der Waals surface area contributed by atoms with Gasteiger partial charge in [0.1, 0.15) is 11.4 Å². The highest BCUT2D eigenvalue weighted by atomic mass is 35.5. The molecule has 136 valence electrons. The number of benzene rings is 2. The first kappa shape index (κ1) is 18.2. The number of hydrogen-bond donors (Lipinski definition) is 2. The molecule has 0 bridgehead atoms. The molecule has 3 rings (SSSR count). The number of nitrogens with one attached hydrogen (secondary N) is 1. The molecule has 0 aliphatic heterocycles. The first-order valence-corrected chi connectivity index (χ1v) is 8.05. The van der Waals surface area contributed by atoms with Gasteiger partial charge >= 0.3 is 0 Å². The van der Waals surface area contributed by atoms with Crippen LogP contribution in [0.5, 0.6) is 11.6 Å². The fourth-order valence-corrected chi connectivity index (χ4v) is 2.31. The Hall–Kier alpha value is -3.65. The van der Waals surface area contributed by atoms with Crippen LogP contribution in [0.25, 0.3) is 0 Å². The minimum absolute atomic E-state index is 0.0121. The molecule has 3 aromatic rings. The number of nitrogens with zero attached hydrogens (tertiary/aromatic N) is 2. The van der Waals surface area contributed by atoms with Gasteiger partial charge in [-0.15, -0.1) is 0 Å². The van der Waals surface area contributed by atoms with Crippen molar-refractivity contribution in [3.05, 3.63) is 81.5 Å². The van der Waals surface area contributed by atoms with Crippen LogP contribution in [-0.2, 0) is 0 Å². The SMILES string of the molecule is Nc1ccc(C(=O)Nc2ccc(Oc3ccc(Cl)cc3)nc2)cc1[N+](=O)[O-]. The summed E-state index contributed by atoms with van der Waals surface area (Å²) in [7, 11) is 0. The van der Waals surface area contributed by atoms with Crippen LogP contribution in [-0.4, -0.2) is 15.8 Å². The largest absolute Gasteiger partial charge is 0.439 e. The van der Waals surface area contributed by atoms with E-state index in [-0.39, 0.29) is 16.9 Å². The van der Waals surface area contributed by atoms with E-state index in [1.165, 1.54) is 18.3 Å². The van der Waals surface area contributed by atoms with E-state index < -0.39 is 10.8 Å². The predicted octanol–water partition coefficient (Wildman–Crippen LogP) is 4.27. The zero-order valence-corrected chi connectivity index (χ0v) is 14.5. The molecule has 1 amide bonds. The van der Waals surface area contributed by atoms with Gasteiger partial charge in [0.2, 0.25) is 5.88 Å². The summed E-state index contributed by atoms with van der Waals surface area (Å²) < 4.78 is 5.56. The number of carbonyl (C=O) groups excluding carboxylic acids is 1. The molecule has 0 unspecified atom stereocenters. The molecule has 0 saturated carbocycles. The van der Waals surface area contributed by atoms with Crippen molar-refractivity contribution in [3.8, 4) is 11.6 Å². The Balaban J connectivity index is 1.69. The van der Waals surface area contributed by atoms with Gasteiger partial charge in [-0.3, -0.25) is 14.9 Å². The van der Waals surface area contributed by atoms with Gasteiger partial charge in [-0.2, -0.15) is 0 Å². The molecule has 0 saturated heterocycles. The topological polar surface area (TPSA) is 120 Å². The molecular formula is C18H13ClN4O4. The Labute approximate surface area is 158 Å². The number of nitrogens with two attached hydrogens (primary N) is 1. The van der Waals surface area contributed by atoms with Crippen LogP contribution in [0.2, 0.25) is 5.02 Å². The lowest BCUT2D eigenvalue weighted by molar-refractivity contribution is -0.383. The van der Waals surface area contributed by atoms with Gasteiger partial charge in [-0.05, 0) is 42.5 Å². The van der Waals surface area contributed by atoms with Gasteiger partial charge in [0, 0.05) is 22.7 Å². The van der Waals surface area contributed by atoms with E-state index in [4.69, 9.17) is 22.1 Å². The quantitative estimate of drug-likeness (QED) is 0.385. The van der Waals surface area contributed by atoms with Crippen LogP contribution < -0.4 is 15.8 Å². The fraction of sp³-hybridized carbons (Fsp3) is 0. The van der Waals surface area contributed by atoms with Crippen LogP contribution in [0.1, 0.15) is 10.4 Å². The van der Waals surface area contributed by atoms with E-state index in [9.17, 15) is 14.9 Å². The van der Waals surface area contributed by atoms with E-state index in [2.05, 4.69) is 10.3 Å². The van der Waals surface area contributed by atoms with Gasteiger partial charge in [0.15, 0.2) is 0 Å². The lowest BCUT2D eigenvalue weighted by Crippen LogP contribution is -2.12. The molecular weight excluding hydrogens is 372 g/mol. The number of anilines is 2. The maximum Gasteiger partial charge on any atom is 0.292 e. The van der Waals surface area contributed by atoms with Crippen LogP contribution in [0.15, 0.2) is 60.8 Å². The maximum absolute atomic E-state index is 12.3. The number of hydrogen-bond acceptors (Lipinski definition) is 6. The van der Waals surface area contributed by atoms with Crippen LogP contribution in [0, 0.1) is 10.1 Å². The van der Waals surface area contributed by atoms with Crippen molar-refractivity contribution in [2.24, 2.45) is 0 Å². The Kier molecular flexibility index (Phi) is 5.18. The second kappa shape index (κ2) is 7.71. The standard InChI is InChI=1S/C18H13ClN4O4/c19-12-2-5-14(6-3-12)27-17-8-4-13(10-21-17)22-18(24)11-1-7-15(20)16(9-11)23(25)26/h1-10H,20H2,(H,22,24). The maximum atomic E-state index is 12.3. The van der Waals surface area contributed by atoms with Crippen molar-refractivity contribution in [1.82, 2.24) is 4.98 Å². The highest BCUT2D eigenvalue weighted by Crippen LogP contribution is 2.24. The number of pyridine rings is 1. The van der Waals surface area contributed by atoms with E-state index in [1.807, 2.05) is 0 Å². The minimum atomic E-state index is -0.642. The number of nitrogen functional groups attached to an aromatic ring is 1. The summed E-state index contributed by atoms with van der Waals surface area (Å²) in [4.78, 5) is 26.6. The number of nitro benzene ring substituents is 1. The summed E-state index contributed by atoms with van der Waals surface area (Å²) in [6.07, 6.45) is 1.41. The number of aromatic nitrogens is 1. The first-order chi connectivity index (χ1) is 12.9. The lowest BCUT2D eigenvalue weighted by Gasteiger charge is -2.08. The van der Waals surface area contributed by atoms with Gasteiger partial charge in [0.25, 0.3) is 11.6 Å². The molecule has 27 heavy (non-hydrogen) atoms. The van der Waals surface area contributed by atoms with Crippen molar-refractivity contribution in [3.63, 3.8) is 0 Å². The predicted molar refractivity (Wildman–Crippen MR) is 101 cm³/mol. The molecule has 8 nitrogen and oxygen atoms in total. The number of ether oxygens (including phenoxy) is 1. The van der Waals surface area contributed by atoms with Crippen molar-refractivity contribution < 1.29 is 14.5 Å². The average Bonchev–Trinajstić information content (AvgIpc) is 2.65. The van der Waals surface area contributed by atoms with Crippen LogP contribution >= 0.6 is 11.6 Å². The summed E-state index contributed by atoms with van der Waals surface area (Å²) >= 11 is 5.81. The third kappa shape index (κ3) is 4.50. The number of halogens is 1. The number of rotatable bonds is 5. The Morgan fingerprint density at radius 2 is 1.89 bits per heavy atom. The third-order valence-corrected chi connectivity index (χ3v) is 3.77. The number of carbonyl (C=O) groups is 1. The van der Waals surface area contributed by atoms with Gasteiger partial charge in [0.05, 0.1) is 16.8 Å². The Morgan fingerprint density at radius 3 is 2.52 bits per heavy atom. The molecule has 2 aromatic carbocycles. The Bertz CT molecular complexity index is 991. The summed E-state index contributed by atoms with van der Waals surface area (Å²) in [5.41, 5.74) is 5.70. The van der Waals surface area contributed by atoms with E-state index in [0.717, 1.165) is 6.07 Å². The van der Waals surface area contributed by atoms with Crippen molar-refractivity contribution in [2.45, 2.75) is 0 Å². The summed E-state index contributed by atoms with van der Waals surface area (Å²) in [6, 6.07) is 13.8. The first-order valence-electron chi connectivity index (χ1n) is 7.67. The molecule has 1 heterocycles. The van der Waals surface area contributed by atoms with Crippen molar-refractivity contribution in [1.29, 1.82) is 0 Å². The van der Waals surface area contributed by atoms with Gasteiger partial charge in [-0.25, -0.2) is 4.98 Å². The zero-order chi connectivity index (χ0) is 19.4. The molecule has 3 N–H and O–H groups in total. The highest BCUT2D eigenvalue weighted by Gasteiger charge is 2.16. The minimum Gasteiger partial charge on any atom is -0.439 e. The van der Waals surface area contributed by atoms with Gasteiger partial charge in [-0.1, -0.05) is 11.6 Å². The number of amides is 1. The molecule has 1 aromatic heterocycles. The second-order valence-corrected chi connectivity index (χ2v) is 5.86. The van der Waals surface area contributed by atoms with Gasteiger partial charge < -0.3 is 15.8 Å². The normalized spacial score (nSPS) is 10.3. The molecule has 0 aliphatic carbocycles. The molecule has 0 fully saturated rings. The second-order valence-electron chi connectivity index (χ2n) is 5.43. The molecule has 0 atom stereocenters. The monoisotopic (exact) mass is 384 g/mol. The zero-order valence-electron chi connectivity index (χ0n) is 13.8. The molecule has 0 aliphatic rings. The third-order valence-electron chi connectivity index (χ3n) is 3.52. The lowest BCUT2D eigenvalue weighted by atomic mass is 10.1. The summed E-state index contributed by atoms with van der Waals surface area (Å²) in [6.45, 7) is 0. The van der Waals surface area contributed by atoms with E-state index in [1.54, 1.807) is 36.4 Å². The summed E-state index contributed by atoms with van der Waals surface area (Å²) in [5, 5.41) is 14.1. The summed E-state index contributed by atoms with van der Waals surface area (Å²) in [5.74, 6) is 0.377. The van der Waals surface area contributed by atoms with Crippen molar-refractivity contribution in [2.75, 3.05) is 11.1 Å². The average molecular weight is 385 g/mol. The molecule has 0 spiro atoms.